The van der Waals surface area contributed by atoms with Crippen LogP contribution in [0, 0.1) is 0 Å². The number of carbonyl (C=O) groups excluding carboxylic acids is 2. The Morgan fingerprint density at radius 3 is 2.08 bits per heavy atom. The largest absolute Gasteiger partial charge is 0.497 e. The van der Waals surface area contributed by atoms with Gasteiger partial charge in [0.25, 0.3) is 0 Å². The maximum absolute atomic E-state index is 12.3. The molecule has 0 atom stereocenters. The van der Waals surface area contributed by atoms with Gasteiger partial charge in [-0.05, 0) is 29.8 Å². The van der Waals surface area contributed by atoms with Crippen molar-refractivity contribution in [2.75, 3.05) is 31.4 Å². The van der Waals surface area contributed by atoms with Gasteiger partial charge in [-0.3, -0.25) is 9.59 Å². The number of hydrogen-bond acceptors (Lipinski definition) is 5. The van der Waals surface area contributed by atoms with Crippen molar-refractivity contribution in [2.45, 2.75) is 6.42 Å². The van der Waals surface area contributed by atoms with Crippen LogP contribution in [0.4, 0.5) is 11.4 Å². The summed E-state index contributed by atoms with van der Waals surface area (Å²) in [7, 11) is 3.11. The van der Waals surface area contributed by atoms with E-state index in [0.29, 0.717) is 17.1 Å². The molecule has 0 aliphatic heterocycles. The second-order valence-electron chi connectivity index (χ2n) is 5.24. The van der Waals surface area contributed by atoms with E-state index in [1.807, 2.05) is 12.1 Å². The van der Waals surface area contributed by atoms with E-state index in [2.05, 4.69) is 10.6 Å². The Labute approximate surface area is 146 Å². The van der Waals surface area contributed by atoms with E-state index in [1.54, 1.807) is 37.4 Å². The second kappa shape index (κ2) is 8.70. The van der Waals surface area contributed by atoms with Crippen LogP contribution in [0.5, 0.6) is 11.5 Å². The highest BCUT2D eigenvalue weighted by molar-refractivity contribution is 6.00. The van der Waals surface area contributed by atoms with Gasteiger partial charge in [-0.1, -0.05) is 12.1 Å². The molecule has 4 N–H and O–H groups in total. The first-order chi connectivity index (χ1) is 12.0. The standard InChI is InChI=1S/C18H21N3O4/c1-24-13-5-3-12(4-6-13)9-17(22)20-15-8-7-14(25-2)10-16(15)21-18(23)11-19/h3-8,10H,9,11,19H2,1-2H3,(H,20,22)(H,21,23). The van der Waals surface area contributed by atoms with Crippen LogP contribution in [-0.4, -0.2) is 32.6 Å². The Bertz CT molecular complexity index is 744. The van der Waals surface area contributed by atoms with Gasteiger partial charge in [0.15, 0.2) is 0 Å². The van der Waals surface area contributed by atoms with Gasteiger partial charge >= 0.3 is 0 Å². The third kappa shape index (κ3) is 5.22. The molecule has 0 fully saturated rings. The first kappa shape index (κ1) is 18.3. The zero-order valence-corrected chi connectivity index (χ0v) is 14.2. The van der Waals surface area contributed by atoms with Gasteiger partial charge in [0.2, 0.25) is 11.8 Å². The van der Waals surface area contributed by atoms with Crippen LogP contribution in [0.1, 0.15) is 5.56 Å². The van der Waals surface area contributed by atoms with Crippen molar-refractivity contribution in [3.63, 3.8) is 0 Å². The molecule has 0 saturated carbocycles. The third-order valence-electron chi connectivity index (χ3n) is 3.48. The maximum Gasteiger partial charge on any atom is 0.238 e. The lowest BCUT2D eigenvalue weighted by Gasteiger charge is -2.13. The van der Waals surface area contributed by atoms with E-state index in [0.717, 1.165) is 11.3 Å². The van der Waals surface area contributed by atoms with Gasteiger partial charge in [-0.15, -0.1) is 0 Å². The molecule has 0 heterocycles. The van der Waals surface area contributed by atoms with E-state index >= 15 is 0 Å². The Morgan fingerprint density at radius 1 is 0.880 bits per heavy atom. The first-order valence-electron chi connectivity index (χ1n) is 7.66. The van der Waals surface area contributed by atoms with Crippen molar-refractivity contribution >= 4 is 23.2 Å². The highest BCUT2D eigenvalue weighted by Gasteiger charge is 2.11. The Hall–Kier alpha value is -3.06. The summed E-state index contributed by atoms with van der Waals surface area (Å²) in [5.41, 5.74) is 7.08. The number of benzene rings is 2. The summed E-state index contributed by atoms with van der Waals surface area (Å²) < 4.78 is 10.2. The molecule has 25 heavy (non-hydrogen) atoms. The second-order valence-corrected chi connectivity index (χ2v) is 5.24. The molecule has 7 nitrogen and oxygen atoms in total. The number of rotatable bonds is 7. The lowest BCUT2D eigenvalue weighted by molar-refractivity contribution is -0.116. The summed E-state index contributed by atoms with van der Waals surface area (Å²) in [6.07, 6.45) is 0.195. The fourth-order valence-electron chi connectivity index (χ4n) is 2.19. The average molecular weight is 343 g/mol. The number of methoxy groups -OCH3 is 2. The van der Waals surface area contributed by atoms with E-state index in [9.17, 15) is 9.59 Å². The number of anilines is 2. The van der Waals surface area contributed by atoms with Crippen LogP contribution in [-0.2, 0) is 16.0 Å². The molecule has 0 radical (unpaired) electrons. The van der Waals surface area contributed by atoms with Gasteiger partial charge in [-0.2, -0.15) is 0 Å². The van der Waals surface area contributed by atoms with E-state index in [-0.39, 0.29) is 24.8 Å². The molecule has 2 amide bonds. The van der Waals surface area contributed by atoms with Crippen molar-refractivity contribution in [3.05, 3.63) is 48.0 Å². The van der Waals surface area contributed by atoms with Crippen LogP contribution >= 0.6 is 0 Å². The van der Waals surface area contributed by atoms with Gasteiger partial charge in [0.1, 0.15) is 11.5 Å². The molecule has 0 aliphatic carbocycles. The minimum atomic E-state index is -0.362. The molecular weight excluding hydrogens is 322 g/mol. The highest BCUT2D eigenvalue weighted by atomic mass is 16.5. The lowest BCUT2D eigenvalue weighted by atomic mass is 10.1. The molecule has 132 valence electrons. The smallest absolute Gasteiger partial charge is 0.238 e. The molecule has 0 aromatic heterocycles. The van der Waals surface area contributed by atoms with Gasteiger partial charge < -0.3 is 25.8 Å². The molecule has 7 heteroatoms. The topological polar surface area (TPSA) is 103 Å². The average Bonchev–Trinajstić information content (AvgIpc) is 2.63. The number of nitrogens with two attached hydrogens (primary N) is 1. The number of nitrogens with one attached hydrogen (secondary N) is 2. The predicted octanol–water partition coefficient (Wildman–Crippen LogP) is 1.78. The zero-order chi connectivity index (χ0) is 18.2. The Balaban J connectivity index is 2.11. The van der Waals surface area contributed by atoms with Gasteiger partial charge in [0.05, 0.1) is 38.6 Å². The van der Waals surface area contributed by atoms with Crippen LogP contribution in [0.2, 0.25) is 0 Å². The van der Waals surface area contributed by atoms with Crippen molar-refractivity contribution in [3.8, 4) is 11.5 Å². The van der Waals surface area contributed by atoms with E-state index in [4.69, 9.17) is 15.2 Å². The van der Waals surface area contributed by atoms with E-state index < -0.39 is 0 Å². The number of ether oxygens (including phenoxy) is 2. The SMILES string of the molecule is COc1ccc(CC(=O)Nc2ccc(OC)cc2NC(=O)CN)cc1. The zero-order valence-electron chi connectivity index (χ0n) is 14.2. The van der Waals surface area contributed by atoms with Crippen LogP contribution in [0.25, 0.3) is 0 Å². The molecule has 0 saturated heterocycles. The van der Waals surface area contributed by atoms with E-state index in [1.165, 1.54) is 7.11 Å². The molecule has 2 aromatic carbocycles. The monoisotopic (exact) mass is 343 g/mol. The van der Waals surface area contributed by atoms with Crippen LogP contribution in [0.15, 0.2) is 42.5 Å². The van der Waals surface area contributed by atoms with Crippen LogP contribution in [0.3, 0.4) is 0 Å². The van der Waals surface area contributed by atoms with Crippen molar-refractivity contribution in [2.24, 2.45) is 5.73 Å². The maximum atomic E-state index is 12.3. The normalized spacial score (nSPS) is 10.0. The molecular formula is C18H21N3O4. The fraction of sp³-hybridized carbons (Fsp3) is 0.222. The molecule has 2 aromatic rings. The summed E-state index contributed by atoms with van der Waals surface area (Å²) in [6.45, 7) is -0.156. The minimum absolute atomic E-state index is 0.156. The Kier molecular flexibility index (Phi) is 6.36. The number of hydrogen-bond donors (Lipinski definition) is 3. The molecule has 0 unspecified atom stereocenters. The minimum Gasteiger partial charge on any atom is -0.497 e. The Morgan fingerprint density at radius 2 is 1.48 bits per heavy atom. The number of amides is 2. The molecule has 2 rings (SSSR count). The lowest BCUT2D eigenvalue weighted by Crippen LogP contribution is -2.23. The predicted molar refractivity (Wildman–Crippen MR) is 96.0 cm³/mol. The fourth-order valence-corrected chi connectivity index (χ4v) is 2.19. The van der Waals surface area contributed by atoms with Gasteiger partial charge in [0, 0.05) is 6.07 Å². The summed E-state index contributed by atoms with van der Waals surface area (Å²) in [5, 5.41) is 5.43. The molecule has 0 aliphatic rings. The van der Waals surface area contributed by atoms with Crippen molar-refractivity contribution in [1.29, 1.82) is 0 Å². The van der Waals surface area contributed by atoms with Gasteiger partial charge in [-0.25, -0.2) is 0 Å². The summed E-state index contributed by atoms with van der Waals surface area (Å²) >= 11 is 0. The molecule has 0 spiro atoms. The quantitative estimate of drug-likeness (QED) is 0.711. The summed E-state index contributed by atoms with van der Waals surface area (Å²) in [5.74, 6) is 0.712. The number of carbonyl (C=O) groups is 2. The molecule has 0 bridgehead atoms. The van der Waals surface area contributed by atoms with Crippen LogP contribution < -0.4 is 25.8 Å². The first-order valence-corrected chi connectivity index (χ1v) is 7.66. The van der Waals surface area contributed by atoms with Crippen molar-refractivity contribution in [1.82, 2.24) is 0 Å². The summed E-state index contributed by atoms with van der Waals surface area (Å²) in [4.78, 5) is 23.9. The van der Waals surface area contributed by atoms with Crippen molar-refractivity contribution < 1.29 is 19.1 Å². The summed E-state index contributed by atoms with van der Waals surface area (Å²) in [6, 6.07) is 12.2. The third-order valence-corrected chi connectivity index (χ3v) is 3.48. The highest BCUT2D eigenvalue weighted by Crippen LogP contribution is 2.27.